The van der Waals surface area contributed by atoms with Crippen molar-refractivity contribution in [3.8, 4) is 0 Å². The molecule has 0 radical (unpaired) electrons. The first-order chi connectivity index (χ1) is 11.5. The van der Waals surface area contributed by atoms with Gasteiger partial charge in [0.05, 0.1) is 0 Å². The van der Waals surface area contributed by atoms with Gasteiger partial charge in [0.25, 0.3) is 5.91 Å². The number of piperazine rings is 1. The first-order valence-corrected chi connectivity index (χ1v) is 8.47. The normalized spacial score (nSPS) is 17.8. The molecule has 0 aromatic heterocycles. The van der Waals surface area contributed by atoms with E-state index in [0.29, 0.717) is 51.0 Å². The number of rotatable bonds is 2. The highest BCUT2D eigenvalue weighted by Gasteiger charge is 2.26. The molecule has 2 aliphatic heterocycles. The topological polar surface area (TPSA) is 60.9 Å². The van der Waals surface area contributed by atoms with E-state index < -0.39 is 0 Å². The van der Waals surface area contributed by atoms with E-state index in [1.165, 1.54) is 0 Å². The molecule has 2 aliphatic rings. The van der Waals surface area contributed by atoms with Crippen LogP contribution in [0.3, 0.4) is 0 Å². The summed E-state index contributed by atoms with van der Waals surface area (Å²) in [6, 6.07) is 5.56. The van der Waals surface area contributed by atoms with Crippen LogP contribution in [0.15, 0.2) is 18.2 Å². The molecule has 3 amide bonds. The Balaban J connectivity index is 1.70. The van der Waals surface area contributed by atoms with Gasteiger partial charge in [0.1, 0.15) is 0 Å². The highest BCUT2D eigenvalue weighted by Crippen LogP contribution is 2.28. The summed E-state index contributed by atoms with van der Waals surface area (Å²) in [7, 11) is 1.77. The van der Waals surface area contributed by atoms with E-state index in [-0.39, 0.29) is 17.7 Å². The molecule has 1 aromatic rings. The minimum Gasteiger partial charge on any atom is -0.339 e. The molecule has 0 atom stereocenters. The van der Waals surface area contributed by atoms with Crippen LogP contribution in [0.2, 0.25) is 0 Å². The van der Waals surface area contributed by atoms with Crippen LogP contribution in [-0.2, 0) is 16.0 Å². The average molecular weight is 329 g/mol. The second kappa shape index (κ2) is 6.63. The Labute approximate surface area is 142 Å². The van der Waals surface area contributed by atoms with Crippen molar-refractivity contribution in [2.75, 3.05) is 38.1 Å². The molecule has 128 valence electrons. The zero-order valence-corrected chi connectivity index (χ0v) is 14.2. The fourth-order valence-electron chi connectivity index (χ4n) is 3.35. The van der Waals surface area contributed by atoms with E-state index in [0.717, 1.165) is 11.3 Å². The SMILES string of the molecule is CCC(=O)N1CCN(C(=O)c2ccc3c(c2)CCC(=O)N3C)CC1. The number of anilines is 1. The van der Waals surface area contributed by atoms with Gasteiger partial charge in [0, 0.05) is 57.3 Å². The Morgan fingerprint density at radius 2 is 1.71 bits per heavy atom. The average Bonchev–Trinajstić information content (AvgIpc) is 2.63. The minimum atomic E-state index is 0.000880. The van der Waals surface area contributed by atoms with E-state index in [9.17, 15) is 14.4 Å². The lowest BCUT2D eigenvalue weighted by Crippen LogP contribution is -2.50. The molecule has 0 spiro atoms. The summed E-state index contributed by atoms with van der Waals surface area (Å²) in [5.41, 5.74) is 2.59. The Hall–Kier alpha value is -2.37. The highest BCUT2D eigenvalue weighted by molar-refractivity contribution is 5.99. The van der Waals surface area contributed by atoms with E-state index >= 15 is 0 Å². The number of hydrogen-bond donors (Lipinski definition) is 0. The van der Waals surface area contributed by atoms with Crippen LogP contribution in [0.5, 0.6) is 0 Å². The first kappa shape index (κ1) is 16.5. The van der Waals surface area contributed by atoms with Crippen molar-refractivity contribution in [3.63, 3.8) is 0 Å². The zero-order chi connectivity index (χ0) is 17.3. The number of carbonyl (C=O) groups excluding carboxylic acids is 3. The molecule has 1 aromatic carbocycles. The van der Waals surface area contributed by atoms with Gasteiger partial charge in [-0.1, -0.05) is 6.92 Å². The minimum absolute atomic E-state index is 0.000880. The van der Waals surface area contributed by atoms with Gasteiger partial charge in [-0.05, 0) is 30.2 Å². The number of nitrogens with zero attached hydrogens (tertiary/aromatic N) is 3. The lowest BCUT2D eigenvalue weighted by Gasteiger charge is -2.35. The number of aryl methyl sites for hydroxylation is 1. The lowest BCUT2D eigenvalue weighted by atomic mass is 9.98. The number of hydrogen-bond acceptors (Lipinski definition) is 3. The molecule has 0 unspecified atom stereocenters. The molecule has 0 N–H and O–H groups in total. The summed E-state index contributed by atoms with van der Waals surface area (Å²) in [5, 5.41) is 0. The largest absolute Gasteiger partial charge is 0.339 e. The third kappa shape index (κ3) is 3.00. The maximum atomic E-state index is 12.7. The highest BCUT2D eigenvalue weighted by atomic mass is 16.2. The molecule has 2 heterocycles. The fourth-order valence-corrected chi connectivity index (χ4v) is 3.35. The van der Waals surface area contributed by atoms with Crippen molar-refractivity contribution in [3.05, 3.63) is 29.3 Å². The standard InChI is InChI=1S/C18H23N3O3/c1-3-16(22)20-8-10-21(11-9-20)18(24)14-4-6-15-13(12-14)5-7-17(23)19(15)2/h4,6,12H,3,5,7-11H2,1-2H3. The molecule has 6 nitrogen and oxygen atoms in total. The first-order valence-electron chi connectivity index (χ1n) is 8.47. The molecule has 3 rings (SSSR count). The van der Waals surface area contributed by atoms with Gasteiger partial charge in [0.2, 0.25) is 11.8 Å². The summed E-state index contributed by atoms with van der Waals surface area (Å²) in [6.07, 6.45) is 1.67. The summed E-state index contributed by atoms with van der Waals surface area (Å²) in [4.78, 5) is 41.5. The Morgan fingerprint density at radius 1 is 1.04 bits per heavy atom. The van der Waals surface area contributed by atoms with Crippen molar-refractivity contribution in [1.82, 2.24) is 9.80 Å². The third-order valence-electron chi connectivity index (χ3n) is 4.89. The number of fused-ring (bicyclic) bond motifs is 1. The molecule has 0 aliphatic carbocycles. The second-order valence-corrected chi connectivity index (χ2v) is 6.32. The van der Waals surface area contributed by atoms with E-state index in [2.05, 4.69) is 0 Å². The number of carbonyl (C=O) groups is 3. The van der Waals surface area contributed by atoms with Gasteiger partial charge in [0.15, 0.2) is 0 Å². The third-order valence-corrected chi connectivity index (χ3v) is 4.89. The monoisotopic (exact) mass is 329 g/mol. The van der Waals surface area contributed by atoms with E-state index in [1.807, 2.05) is 24.0 Å². The maximum Gasteiger partial charge on any atom is 0.253 e. The molecule has 6 heteroatoms. The van der Waals surface area contributed by atoms with Crippen molar-refractivity contribution in [1.29, 1.82) is 0 Å². The predicted octanol–water partition coefficient (Wildman–Crippen LogP) is 1.29. The van der Waals surface area contributed by atoms with Crippen molar-refractivity contribution in [2.45, 2.75) is 26.2 Å². The molecule has 24 heavy (non-hydrogen) atoms. The molecular weight excluding hydrogens is 306 g/mol. The number of benzene rings is 1. The van der Waals surface area contributed by atoms with Crippen LogP contribution < -0.4 is 4.90 Å². The van der Waals surface area contributed by atoms with Crippen LogP contribution in [0.25, 0.3) is 0 Å². The summed E-state index contributed by atoms with van der Waals surface area (Å²) >= 11 is 0. The van der Waals surface area contributed by atoms with Crippen LogP contribution in [0.4, 0.5) is 5.69 Å². The van der Waals surface area contributed by atoms with Crippen molar-refractivity contribution >= 4 is 23.4 Å². The number of amides is 3. The van der Waals surface area contributed by atoms with Crippen LogP contribution in [-0.4, -0.2) is 60.7 Å². The second-order valence-electron chi connectivity index (χ2n) is 6.32. The Kier molecular flexibility index (Phi) is 4.55. The predicted molar refractivity (Wildman–Crippen MR) is 90.9 cm³/mol. The van der Waals surface area contributed by atoms with Crippen molar-refractivity contribution in [2.24, 2.45) is 0 Å². The quantitative estimate of drug-likeness (QED) is 0.821. The van der Waals surface area contributed by atoms with Gasteiger partial charge in [-0.2, -0.15) is 0 Å². The molecule has 0 bridgehead atoms. The Bertz CT molecular complexity index is 678. The van der Waals surface area contributed by atoms with Gasteiger partial charge < -0.3 is 14.7 Å². The molecule has 0 saturated carbocycles. The smallest absolute Gasteiger partial charge is 0.253 e. The summed E-state index contributed by atoms with van der Waals surface area (Å²) < 4.78 is 0. The van der Waals surface area contributed by atoms with Crippen molar-refractivity contribution < 1.29 is 14.4 Å². The van der Waals surface area contributed by atoms with Gasteiger partial charge in [-0.3, -0.25) is 14.4 Å². The summed E-state index contributed by atoms with van der Waals surface area (Å²) in [6.45, 7) is 4.19. The van der Waals surface area contributed by atoms with E-state index in [4.69, 9.17) is 0 Å². The zero-order valence-electron chi connectivity index (χ0n) is 14.2. The Morgan fingerprint density at radius 3 is 2.38 bits per heavy atom. The van der Waals surface area contributed by atoms with E-state index in [1.54, 1.807) is 22.9 Å². The fraction of sp³-hybridized carbons (Fsp3) is 0.500. The molecular formula is C18H23N3O3. The molecule has 1 fully saturated rings. The molecule has 1 saturated heterocycles. The van der Waals surface area contributed by atoms with Crippen LogP contribution in [0.1, 0.15) is 35.7 Å². The van der Waals surface area contributed by atoms with Crippen LogP contribution >= 0.6 is 0 Å². The van der Waals surface area contributed by atoms with Gasteiger partial charge in [-0.25, -0.2) is 0 Å². The summed E-state index contributed by atoms with van der Waals surface area (Å²) in [5.74, 6) is 0.253. The lowest BCUT2D eigenvalue weighted by molar-refractivity contribution is -0.132. The van der Waals surface area contributed by atoms with Gasteiger partial charge >= 0.3 is 0 Å². The van der Waals surface area contributed by atoms with Gasteiger partial charge in [-0.15, -0.1) is 0 Å². The maximum absolute atomic E-state index is 12.7. The van der Waals surface area contributed by atoms with Crippen LogP contribution in [0, 0.1) is 0 Å².